The predicted molar refractivity (Wildman–Crippen MR) is 121 cm³/mol. The van der Waals surface area contributed by atoms with Crippen molar-refractivity contribution >= 4 is 18.2 Å². The van der Waals surface area contributed by atoms with Gasteiger partial charge < -0.3 is 19.5 Å². The van der Waals surface area contributed by atoms with Crippen LogP contribution in [0.5, 0.6) is 0 Å². The molecular formula is C23H38N4O3. The molecule has 2 amide bonds. The molecule has 1 N–H and O–H groups in total. The van der Waals surface area contributed by atoms with Crippen molar-refractivity contribution in [2.75, 3.05) is 26.7 Å². The van der Waals surface area contributed by atoms with Crippen LogP contribution in [0.2, 0.25) is 0 Å². The van der Waals surface area contributed by atoms with Crippen LogP contribution in [0.1, 0.15) is 63.4 Å². The number of carbonyl (C=O) groups excluding carboxylic acids is 2. The molecule has 7 heteroatoms. The van der Waals surface area contributed by atoms with Crippen LogP contribution < -0.4 is 10.8 Å². The van der Waals surface area contributed by atoms with Crippen molar-refractivity contribution in [2.24, 2.45) is 10.9 Å². The maximum atomic E-state index is 12.5. The van der Waals surface area contributed by atoms with Gasteiger partial charge in [-0.15, -0.1) is 0 Å². The Balaban J connectivity index is 2.53. The Kier molecular flexibility index (Phi) is 9.82. The van der Waals surface area contributed by atoms with Gasteiger partial charge in [0.05, 0.1) is 5.56 Å². The molecule has 1 rings (SSSR count). The Labute approximate surface area is 180 Å². The zero-order valence-electron chi connectivity index (χ0n) is 19.6. The second kappa shape index (κ2) is 11.6. The lowest BCUT2D eigenvalue weighted by Gasteiger charge is -2.27. The van der Waals surface area contributed by atoms with Crippen molar-refractivity contribution in [1.29, 1.82) is 0 Å². The van der Waals surface area contributed by atoms with Gasteiger partial charge in [0, 0.05) is 39.1 Å². The van der Waals surface area contributed by atoms with Crippen LogP contribution in [0.4, 0.5) is 4.79 Å². The molecule has 1 unspecified atom stereocenters. The van der Waals surface area contributed by atoms with Crippen molar-refractivity contribution in [3.05, 3.63) is 35.5 Å². The third-order valence-electron chi connectivity index (χ3n) is 4.77. The molecule has 0 aliphatic rings. The standard InChI is InChI=1S/C23H38N4O3/c1-9-26(22(29)30-23(5,6)7)14-12-17(3)11-13-25-21(28)19-15-18(4)20(24-8)27(10-2)16-19/h10,15-17H,2,9,11-14H2,1,3-8H3,(H,25,28). The van der Waals surface area contributed by atoms with Crippen molar-refractivity contribution < 1.29 is 14.3 Å². The number of aryl methyl sites for hydroxylation is 1. The number of amides is 2. The maximum absolute atomic E-state index is 12.5. The molecule has 1 aromatic heterocycles. The topological polar surface area (TPSA) is 75.9 Å². The van der Waals surface area contributed by atoms with E-state index in [2.05, 4.69) is 23.8 Å². The normalized spacial score (nSPS) is 13.0. The van der Waals surface area contributed by atoms with E-state index in [0.717, 1.165) is 23.9 Å². The third-order valence-corrected chi connectivity index (χ3v) is 4.77. The van der Waals surface area contributed by atoms with Crippen molar-refractivity contribution in [3.8, 4) is 0 Å². The number of aromatic nitrogens is 1. The van der Waals surface area contributed by atoms with Crippen LogP contribution in [0.25, 0.3) is 6.20 Å². The van der Waals surface area contributed by atoms with Gasteiger partial charge in [-0.2, -0.15) is 0 Å². The highest BCUT2D eigenvalue weighted by Crippen LogP contribution is 2.13. The predicted octanol–water partition coefficient (Wildman–Crippen LogP) is 3.83. The van der Waals surface area contributed by atoms with Crippen LogP contribution >= 0.6 is 0 Å². The first-order valence-corrected chi connectivity index (χ1v) is 10.6. The Morgan fingerprint density at radius 3 is 2.57 bits per heavy atom. The summed E-state index contributed by atoms with van der Waals surface area (Å²) in [4.78, 5) is 30.7. The number of carbonyl (C=O) groups is 2. The fourth-order valence-corrected chi connectivity index (χ4v) is 3.06. The van der Waals surface area contributed by atoms with Crippen molar-refractivity contribution in [1.82, 2.24) is 14.8 Å². The van der Waals surface area contributed by atoms with Gasteiger partial charge in [0.25, 0.3) is 5.91 Å². The molecule has 0 saturated carbocycles. The lowest BCUT2D eigenvalue weighted by molar-refractivity contribution is 0.0251. The van der Waals surface area contributed by atoms with Gasteiger partial charge in [-0.05, 0) is 65.0 Å². The van der Waals surface area contributed by atoms with Crippen LogP contribution in [0, 0.1) is 12.8 Å². The third kappa shape index (κ3) is 8.05. The fraction of sp³-hybridized carbons (Fsp3) is 0.609. The Morgan fingerprint density at radius 1 is 1.37 bits per heavy atom. The van der Waals surface area contributed by atoms with Gasteiger partial charge in [-0.3, -0.25) is 9.79 Å². The zero-order valence-corrected chi connectivity index (χ0v) is 19.6. The highest BCUT2D eigenvalue weighted by molar-refractivity contribution is 5.94. The SMILES string of the molecule is C=Cn1cc(C(=O)NCCC(C)CCN(CC)C(=O)OC(C)(C)C)cc(C)c1=NC. The van der Waals surface area contributed by atoms with E-state index < -0.39 is 5.60 Å². The molecule has 0 spiro atoms. The molecule has 0 radical (unpaired) electrons. The molecule has 30 heavy (non-hydrogen) atoms. The summed E-state index contributed by atoms with van der Waals surface area (Å²) in [6, 6.07) is 1.83. The quantitative estimate of drug-likeness (QED) is 0.662. The molecule has 7 nitrogen and oxygen atoms in total. The average molecular weight is 419 g/mol. The Bertz CT molecular complexity index is 806. The first-order valence-electron chi connectivity index (χ1n) is 10.6. The summed E-state index contributed by atoms with van der Waals surface area (Å²) in [6.07, 6.45) is 4.78. The molecule has 0 aliphatic carbocycles. The summed E-state index contributed by atoms with van der Waals surface area (Å²) in [6.45, 7) is 17.2. The molecule has 0 aromatic carbocycles. The van der Waals surface area contributed by atoms with Crippen molar-refractivity contribution in [2.45, 2.75) is 60.0 Å². The zero-order chi connectivity index (χ0) is 22.9. The van der Waals surface area contributed by atoms with E-state index in [1.807, 2.05) is 40.7 Å². The van der Waals surface area contributed by atoms with E-state index in [4.69, 9.17) is 4.74 Å². The van der Waals surface area contributed by atoms with Crippen LogP contribution in [-0.2, 0) is 4.74 Å². The molecule has 0 fully saturated rings. The van der Waals surface area contributed by atoms with E-state index >= 15 is 0 Å². The molecule has 0 bridgehead atoms. The Hall–Kier alpha value is -2.57. The molecule has 0 aliphatic heterocycles. The van der Waals surface area contributed by atoms with Gasteiger partial charge in [0.2, 0.25) is 0 Å². The molecule has 1 aromatic rings. The number of rotatable bonds is 9. The highest BCUT2D eigenvalue weighted by atomic mass is 16.6. The number of hydrogen-bond donors (Lipinski definition) is 1. The molecule has 0 saturated heterocycles. The lowest BCUT2D eigenvalue weighted by Crippen LogP contribution is -2.37. The molecule has 1 heterocycles. The summed E-state index contributed by atoms with van der Waals surface area (Å²) in [5.41, 5.74) is 1.78. The first-order chi connectivity index (χ1) is 14.0. The van der Waals surface area contributed by atoms with Gasteiger partial charge in [-0.1, -0.05) is 13.5 Å². The summed E-state index contributed by atoms with van der Waals surface area (Å²) < 4.78 is 7.20. The van der Waals surface area contributed by atoms with E-state index in [-0.39, 0.29) is 12.0 Å². The summed E-state index contributed by atoms with van der Waals surface area (Å²) in [5.74, 6) is 0.246. The number of nitrogens with one attached hydrogen (secondary N) is 1. The van der Waals surface area contributed by atoms with E-state index in [9.17, 15) is 9.59 Å². The average Bonchev–Trinajstić information content (AvgIpc) is 2.66. The lowest BCUT2D eigenvalue weighted by atomic mass is 10.0. The van der Waals surface area contributed by atoms with Crippen LogP contribution in [-0.4, -0.2) is 53.8 Å². The number of nitrogens with zero attached hydrogens (tertiary/aromatic N) is 3. The second-order valence-corrected chi connectivity index (χ2v) is 8.55. The summed E-state index contributed by atoms with van der Waals surface area (Å²) in [5, 5.41) is 2.98. The first kappa shape index (κ1) is 25.5. The van der Waals surface area contributed by atoms with Gasteiger partial charge in [0.1, 0.15) is 11.1 Å². The Morgan fingerprint density at radius 2 is 2.03 bits per heavy atom. The number of hydrogen-bond acceptors (Lipinski definition) is 4. The van der Waals surface area contributed by atoms with E-state index in [1.54, 1.807) is 28.9 Å². The van der Waals surface area contributed by atoms with Gasteiger partial charge in [0.15, 0.2) is 0 Å². The van der Waals surface area contributed by atoms with Crippen LogP contribution in [0.3, 0.4) is 0 Å². The smallest absolute Gasteiger partial charge is 0.410 e. The number of pyridine rings is 1. The van der Waals surface area contributed by atoms with Crippen LogP contribution in [0.15, 0.2) is 23.8 Å². The minimum Gasteiger partial charge on any atom is -0.444 e. The number of ether oxygens (including phenoxy) is 1. The second-order valence-electron chi connectivity index (χ2n) is 8.55. The minimum absolute atomic E-state index is 0.118. The summed E-state index contributed by atoms with van der Waals surface area (Å²) in [7, 11) is 1.71. The minimum atomic E-state index is -0.494. The highest BCUT2D eigenvalue weighted by Gasteiger charge is 2.21. The van der Waals surface area contributed by atoms with Gasteiger partial charge >= 0.3 is 6.09 Å². The summed E-state index contributed by atoms with van der Waals surface area (Å²) >= 11 is 0. The van der Waals surface area contributed by atoms with E-state index in [0.29, 0.717) is 31.1 Å². The molecular weight excluding hydrogens is 380 g/mol. The fourth-order valence-electron chi connectivity index (χ4n) is 3.06. The maximum Gasteiger partial charge on any atom is 0.410 e. The molecule has 1 atom stereocenters. The van der Waals surface area contributed by atoms with E-state index in [1.165, 1.54) is 0 Å². The van der Waals surface area contributed by atoms with Crippen molar-refractivity contribution in [3.63, 3.8) is 0 Å². The monoisotopic (exact) mass is 418 g/mol. The largest absolute Gasteiger partial charge is 0.444 e. The molecule has 168 valence electrons. The van der Waals surface area contributed by atoms with Gasteiger partial charge in [-0.25, -0.2) is 4.79 Å².